The molecule has 15 atom stereocenters. The molecule has 8 rings (SSSR count). The zero-order valence-corrected chi connectivity index (χ0v) is 56.7. The Bertz CT molecular complexity index is 3460. The Morgan fingerprint density at radius 1 is 0.815 bits per heavy atom. The first-order chi connectivity index (χ1) is 41.4. The van der Waals surface area contributed by atoms with E-state index in [0.29, 0.717) is 69.2 Å². The minimum atomic E-state index is -5.19. The number of carbonyl (C=O) groups excluding carboxylic acids is 6. The number of hydrogen-bond acceptors (Lipinski definition) is 18. The number of imidazole rings is 1. The van der Waals surface area contributed by atoms with Crippen LogP contribution in [0.2, 0.25) is 0 Å². The third-order valence-electron chi connectivity index (χ3n) is 20.5. The van der Waals surface area contributed by atoms with Crippen molar-refractivity contribution < 1.29 is 84.5 Å². The standard InChI is InChI=1S/C62H92N13O13P.CH3.Co.H2O/c1-30-21-40-41(22-31(30)2)75(29-70-40)57-52(83)53(42(28-76)86-57)88-89(84,85)87-32(3)27-69-20-12-19-59(8)38(23-47(66)80)56-62(11)61(10,26-49(68)82)37(15-18-46(65)79)51(74-62)34(5)55-60(9,25-48(67)81)35(13-16-44(63)77)39(71-55)24-43-58(6,7)36(14-17-45(64)78)50(72-43)33(4)54(59)73-56;;;/h21-22,24,29,32,35-38,42,52-53,56-57,69,76,83H,12-20,23,25-28H2,1-11H3,(H14,63,64,65,66,67,68,71,72,73,74,77,78,79,80,81,82,84,85);1H3;;1H2/q;-1;+3;/p-2/t32?,35-,36-,37-,38+,42-,52-,53-,56-,57+,59-,60+,61+,62+;;;/m1.../s1. The molecule has 2 saturated heterocycles. The van der Waals surface area contributed by atoms with Gasteiger partial charge in [-0.1, -0.05) is 40.7 Å². The number of phosphoric ester groups is 1. The van der Waals surface area contributed by atoms with Crippen LogP contribution < -0.4 is 44.6 Å². The molecule has 17 N–H and O–H groups in total. The van der Waals surface area contributed by atoms with E-state index in [1.165, 1.54) is 13.3 Å². The van der Waals surface area contributed by atoms with Crippen LogP contribution in [0, 0.1) is 66.6 Å². The molecule has 2 unspecified atom stereocenters. The van der Waals surface area contributed by atoms with Crippen LogP contribution in [-0.4, -0.2) is 134 Å². The van der Waals surface area contributed by atoms with Crippen molar-refractivity contribution in [3.8, 4) is 0 Å². The summed E-state index contributed by atoms with van der Waals surface area (Å²) < 4.78 is 32.1. The third kappa shape index (κ3) is 14.6. The number of rotatable bonds is 27. The Morgan fingerprint density at radius 2 is 1.40 bits per heavy atom. The maximum Gasteiger partial charge on any atom is 3.00 e. The van der Waals surface area contributed by atoms with Crippen molar-refractivity contribution >= 4 is 71.4 Å². The molecule has 6 amide bonds. The third-order valence-corrected chi connectivity index (χ3v) is 21.6. The molecular formula is C63H95CoN13O14P. The Labute approximate surface area is 548 Å². The molecule has 2 fully saturated rings. The second kappa shape index (κ2) is 28.9. The molecule has 8 bridgehead atoms. The Kier molecular flexibility index (Phi) is 24.1. The maximum atomic E-state index is 13.8. The number of aliphatic hydroxyl groups is 2. The van der Waals surface area contributed by atoms with Crippen molar-refractivity contribution in [2.45, 2.75) is 189 Å². The van der Waals surface area contributed by atoms with E-state index in [2.05, 4.69) is 10.3 Å². The first-order valence-electron chi connectivity index (χ1n) is 30.5. The number of primary amides is 6. The quantitative estimate of drug-likeness (QED) is 0.0352. The number of aliphatic hydroxyl groups excluding tert-OH is 2. The van der Waals surface area contributed by atoms with Crippen LogP contribution in [0.3, 0.4) is 0 Å². The molecule has 0 radical (unpaired) electrons. The van der Waals surface area contributed by atoms with E-state index in [0.717, 1.165) is 11.1 Å². The molecule has 0 spiro atoms. The smallest absolute Gasteiger partial charge is 0.756 e. The van der Waals surface area contributed by atoms with E-state index in [9.17, 15) is 48.4 Å². The molecule has 6 aliphatic heterocycles. The van der Waals surface area contributed by atoms with Gasteiger partial charge in [-0.05, 0) is 132 Å². The summed E-state index contributed by atoms with van der Waals surface area (Å²) in [6, 6.07) is 2.82. The number of aryl methyl sites for hydroxylation is 2. The van der Waals surface area contributed by atoms with Crippen molar-refractivity contribution in [3.63, 3.8) is 0 Å². The summed E-state index contributed by atoms with van der Waals surface area (Å²) in [4.78, 5) is 114. The largest absolute Gasteiger partial charge is 3.00 e. The molecule has 2 aromatic rings. The average molecular weight is 1350 g/mol. The van der Waals surface area contributed by atoms with Gasteiger partial charge in [0, 0.05) is 102 Å². The zero-order valence-electron chi connectivity index (χ0n) is 54.8. The minimum Gasteiger partial charge on any atom is -0.756 e. The number of hydrogen-bond donors (Lipinski definition) is 9. The molecule has 29 heteroatoms. The summed E-state index contributed by atoms with van der Waals surface area (Å²) in [6.07, 6.45) is -2.78. The van der Waals surface area contributed by atoms with Crippen molar-refractivity contribution in [2.24, 2.45) is 94.7 Å². The van der Waals surface area contributed by atoms with Gasteiger partial charge in [0.15, 0.2) is 6.23 Å². The van der Waals surface area contributed by atoms with Gasteiger partial charge in [-0.15, -0.1) is 0 Å². The summed E-state index contributed by atoms with van der Waals surface area (Å²) in [5, 5.41) is 30.8. The van der Waals surface area contributed by atoms with Gasteiger partial charge in [-0.25, -0.2) is 4.98 Å². The number of aromatic nitrogens is 2. The van der Waals surface area contributed by atoms with Crippen LogP contribution in [-0.2, 0) is 63.9 Å². The molecule has 1 aromatic heterocycles. The second-order valence-corrected chi connectivity index (χ2v) is 28.3. The fourth-order valence-electron chi connectivity index (χ4n) is 15.5. The maximum absolute atomic E-state index is 13.8. The summed E-state index contributed by atoms with van der Waals surface area (Å²) >= 11 is 0. The van der Waals surface area contributed by atoms with Crippen LogP contribution >= 0.6 is 7.82 Å². The number of fused-ring (bicyclic) bond motifs is 7. The SMILES string of the molecule is C/C1=C2/[N-][C@H]([C@H](CC(N)=O)[C@@]2(C)CCCNCC(C)OP(=O)([O-])O[C@H]2[C@@H](O)[C@@H](n3cnc4cc(C)c(C)cc43)O[C@@H]2CO)[C@]2(C)N=C(/C(C)=C3N=C(/C=C4N=C1[C@@H](CCC(N)=O)C\4(C)C)[C@@H](CCC(N)=O)[C@]\3(C)CC(N)=O)[C@@H](CCC(N)=O)[C@]2(C)CC(N)=O.O.[CH3-].[Co+3]. The van der Waals surface area contributed by atoms with Crippen LogP contribution in [0.1, 0.15) is 150 Å². The van der Waals surface area contributed by atoms with Crippen LogP contribution in [0.5, 0.6) is 0 Å². The molecule has 1 aromatic carbocycles. The Morgan fingerprint density at radius 3 is 1.98 bits per heavy atom. The van der Waals surface area contributed by atoms with Crippen LogP contribution in [0.25, 0.3) is 16.4 Å². The van der Waals surface area contributed by atoms with Gasteiger partial charge >= 0.3 is 16.8 Å². The van der Waals surface area contributed by atoms with Gasteiger partial charge in [0.2, 0.25) is 35.4 Å². The zero-order chi connectivity index (χ0) is 65.8. The van der Waals surface area contributed by atoms with E-state index < -0.39 is 137 Å². The van der Waals surface area contributed by atoms with Crippen LogP contribution in [0.4, 0.5) is 0 Å². The summed E-state index contributed by atoms with van der Waals surface area (Å²) in [6.45, 7) is 20.3. The average Bonchev–Trinajstić information content (AvgIpc) is 1.53. The number of nitrogens with zero attached hydrogens (tertiary/aromatic N) is 6. The number of ether oxygens (including phenoxy) is 1. The molecule has 7 heterocycles. The van der Waals surface area contributed by atoms with Crippen molar-refractivity contribution in [3.05, 3.63) is 76.6 Å². The van der Waals surface area contributed by atoms with E-state index in [1.54, 1.807) is 4.57 Å². The van der Waals surface area contributed by atoms with Gasteiger partial charge in [-0.3, -0.25) is 48.3 Å². The van der Waals surface area contributed by atoms with Crippen molar-refractivity contribution in [2.75, 3.05) is 19.7 Å². The monoisotopic (exact) mass is 1350 g/mol. The molecule has 0 saturated carbocycles. The fourth-order valence-corrected chi connectivity index (χ4v) is 16.6. The molecule has 6 aliphatic rings. The molecule has 92 heavy (non-hydrogen) atoms. The van der Waals surface area contributed by atoms with Crippen molar-refractivity contribution in [1.82, 2.24) is 14.9 Å². The number of nitrogens with one attached hydrogen (secondary N) is 1. The number of benzene rings is 1. The predicted octanol–water partition coefficient (Wildman–Crippen LogP) is 3.41. The topological polar surface area (TPSA) is 479 Å². The molecule has 27 nitrogen and oxygen atoms in total. The fraction of sp³-hybridized carbons (Fsp3) is 0.635. The first-order valence-corrected chi connectivity index (χ1v) is 32.0. The summed E-state index contributed by atoms with van der Waals surface area (Å²) in [5.74, 6) is -6.25. The minimum absolute atomic E-state index is 0. The van der Waals surface area contributed by atoms with Gasteiger partial charge < -0.3 is 91.4 Å². The van der Waals surface area contributed by atoms with E-state index >= 15 is 0 Å². The van der Waals surface area contributed by atoms with Gasteiger partial charge in [0.25, 0.3) is 7.82 Å². The number of allylic oxidation sites excluding steroid dienone is 6. The van der Waals surface area contributed by atoms with E-state index in [-0.39, 0.29) is 101 Å². The van der Waals surface area contributed by atoms with Crippen LogP contribution in [0.15, 0.2) is 67.8 Å². The van der Waals surface area contributed by atoms with E-state index in [1.807, 2.05) is 87.4 Å². The molecule has 510 valence electrons. The Hall–Kier alpha value is -6.04. The Balaban J connectivity index is 0.00000512. The summed E-state index contributed by atoms with van der Waals surface area (Å²) in [5.41, 5.74) is 38.0. The number of amides is 6. The first kappa shape index (κ1) is 76.7. The molecule has 0 aliphatic carbocycles. The van der Waals surface area contributed by atoms with E-state index in [4.69, 9.17) is 68.5 Å². The number of aliphatic imine (C=N–C) groups is 3. The van der Waals surface area contributed by atoms with Crippen molar-refractivity contribution in [1.29, 1.82) is 0 Å². The number of carbonyl (C=O) groups is 6. The number of phosphoric acid groups is 1. The van der Waals surface area contributed by atoms with Gasteiger partial charge in [-0.2, -0.15) is 5.70 Å². The second-order valence-electron chi connectivity index (χ2n) is 27.0. The normalized spacial score (nSPS) is 33.4. The van der Waals surface area contributed by atoms with Gasteiger partial charge in [0.05, 0.1) is 41.3 Å². The predicted molar refractivity (Wildman–Crippen MR) is 341 cm³/mol. The van der Waals surface area contributed by atoms with Gasteiger partial charge in [0.1, 0.15) is 18.3 Å². The molecular weight excluding hydrogens is 1250 g/mol. The number of nitrogens with two attached hydrogens (primary N) is 6. The summed E-state index contributed by atoms with van der Waals surface area (Å²) in [7, 11) is -5.19.